The van der Waals surface area contributed by atoms with Crippen LogP contribution in [0.3, 0.4) is 0 Å². The van der Waals surface area contributed by atoms with Gasteiger partial charge in [-0.15, -0.1) is 0 Å². The highest BCUT2D eigenvalue weighted by molar-refractivity contribution is 6.31. The number of hydrogen-bond acceptors (Lipinski definition) is 4. The second-order valence-corrected chi connectivity index (χ2v) is 6.91. The van der Waals surface area contributed by atoms with Gasteiger partial charge in [0.25, 0.3) is 0 Å². The molecule has 0 amide bonds. The van der Waals surface area contributed by atoms with Crippen LogP contribution in [0.2, 0.25) is 10.0 Å². The van der Waals surface area contributed by atoms with Gasteiger partial charge in [0.2, 0.25) is 0 Å². The molecule has 142 valence electrons. The quantitative estimate of drug-likeness (QED) is 0.434. The molecule has 0 radical (unpaired) electrons. The summed E-state index contributed by atoms with van der Waals surface area (Å²) in [6.07, 6.45) is 4.61. The van der Waals surface area contributed by atoms with Gasteiger partial charge in [-0.3, -0.25) is 9.48 Å². The van der Waals surface area contributed by atoms with Crippen LogP contribution in [-0.2, 0) is 11.3 Å². The zero-order chi connectivity index (χ0) is 20.1. The van der Waals surface area contributed by atoms with Crippen LogP contribution < -0.4 is 5.11 Å². The highest BCUT2D eigenvalue weighted by atomic mass is 35.5. The van der Waals surface area contributed by atoms with Crippen LogP contribution >= 0.6 is 23.2 Å². The third-order valence-corrected chi connectivity index (χ3v) is 4.46. The van der Waals surface area contributed by atoms with Gasteiger partial charge in [0, 0.05) is 51.9 Å². The summed E-state index contributed by atoms with van der Waals surface area (Å²) in [6, 6.07) is 13.7. The Morgan fingerprint density at radius 1 is 1.07 bits per heavy atom. The molecule has 7 heteroatoms. The van der Waals surface area contributed by atoms with E-state index in [0.29, 0.717) is 26.9 Å². The molecule has 0 fully saturated rings. The van der Waals surface area contributed by atoms with E-state index in [0.717, 1.165) is 5.56 Å². The summed E-state index contributed by atoms with van der Waals surface area (Å²) in [5, 5.41) is 16.3. The summed E-state index contributed by atoms with van der Waals surface area (Å²) < 4.78 is 1.51. The van der Waals surface area contributed by atoms with Crippen molar-refractivity contribution in [3.05, 3.63) is 82.0 Å². The maximum atomic E-state index is 12.4. The van der Waals surface area contributed by atoms with E-state index in [4.69, 9.17) is 23.2 Å². The number of aromatic nitrogens is 2. The Morgan fingerprint density at radius 3 is 2.50 bits per heavy atom. The first-order chi connectivity index (χ1) is 13.4. The van der Waals surface area contributed by atoms with Crippen molar-refractivity contribution in [2.75, 3.05) is 0 Å². The smallest absolute Gasteiger partial charge is 0.185 e. The minimum atomic E-state index is -1.16. The monoisotopic (exact) mass is 413 g/mol. The highest BCUT2D eigenvalue weighted by Crippen LogP contribution is 2.26. The molecule has 0 N–H and O–H groups in total. The predicted molar refractivity (Wildman–Crippen MR) is 107 cm³/mol. The van der Waals surface area contributed by atoms with Crippen molar-refractivity contribution >= 4 is 41.0 Å². The molecule has 3 rings (SSSR count). The Kier molecular flexibility index (Phi) is 6.29. The number of aliphatic carboxylic acids is 1. The van der Waals surface area contributed by atoms with Crippen LogP contribution in [0.1, 0.15) is 22.3 Å². The SMILES string of the molecule is O=C([O-])CCn1cc(/C=C\C(=O)c2ccc(Cl)cc2)c(-c2cccc(Cl)c2)n1. The Labute approximate surface area is 171 Å². The van der Waals surface area contributed by atoms with Gasteiger partial charge in [-0.1, -0.05) is 35.3 Å². The van der Waals surface area contributed by atoms with Gasteiger partial charge in [-0.25, -0.2) is 0 Å². The number of ketones is 1. The molecular formula is C21H15Cl2N2O3-. The van der Waals surface area contributed by atoms with E-state index >= 15 is 0 Å². The van der Waals surface area contributed by atoms with E-state index in [1.807, 2.05) is 6.07 Å². The van der Waals surface area contributed by atoms with E-state index in [-0.39, 0.29) is 18.7 Å². The fourth-order valence-electron chi connectivity index (χ4n) is 2.62. The summed E-state index contributed by atoms with van der Waals surface area (Å²) in [5.74, 6) is -1.34. The molecule has 0 aliphatic heterocycles. The first-order valence-corrected chi connectivity index (χ1v) is 9.19. The number of carbonyl (C=O) groups is 2. The maximum absolute atomic E-state index is 12.4. The topological polar surface area (TPSA) is 75.0 Å². The summed E-state index contributed by atoms with van der Waals surface area (Å²) in [6.45, 7) is 0.162. The van der Waals surface area contributed by atoms with Gasteiger partial charge in [0.05, 0.1) is 5.69 Å². The average molecular weight is 414 g/mol. The van der Waals surface area contributed by atoms with Crippen molar-refractivity contribution in [2.24, 2.45) is 0 Å². The van der Waals surface area contributed by atoms with Crippen LogP contribution in [0.15, 0.2) is 60.8 Å². The van der Waals surface area contributed by atoms with E-state index in [2.05, 4.69) is 5.10 Å². The molecular weight excluding hydrogens is 399 g/mol. The molecule has 0 unspecified atom stereocenters. The number of hydrogen-bond donors (Lipinski definition) is 0. The van der Waals surface area contributed by atoms with Crippen molar-refractivity contribution < 1.29 is 14.7 Å². The third kappa shape index (κ3) is 5.09. The van der Waals surface area contributed by atoms with Gasteiger partial charge in [-0.2, -0.15) is 5.10 Å². The first kappa shape index (κ1) is 19.9. The summed E-state index contributed by atoms with van der Waals surface area (Å²) in [4.78, 5) is 23.1. The third-order valence-electron chi connectivity index (χ3n) is 3.98. The van der Waals surface area contributed by atoms with Crippen LogP contribution in [0, 0.1) is 0 Å². The summed E-state index contributed by atoms with van der Waals surface area (Å²) in [5.41, 5.74) is 2.54. The molecule has 0 atom stereocenters. The Balaban J connectivity index is 1.92. The lowest BCUT2D eigenvalue weighted by molar-refractivity contribution is -0.306. The molecule has 1 aromatic heterocycles. The van der Waals surface area contributed by atoms with Gasteiger partial charge < -0.3 is 9.90 Å². The van der Waals surface area contributed by atoms with E-state index in [9.17, 15) is 14.7 Å². The van der Waals surface area contributed by atoms with Gasteiger partial charge in [0.15, 0.2) is 5.78 Å². The molecule has 2 aromatic carbocycles. The van der Waals surface area contributed by atoms with Crippen LogP contribution in [0.25, 0.3) is 17.3 Å². The van der Waals surface area contributed by atoms with E-state index in [1.165, 1.54) is 10.8 Å². The van der Waals surface area contributed by atoms with Crippen molar-refractivity contribution in [3.63, 3.8) is 0 Å². The molecule has 0 spiro atoms. The molecule has 3 aromatic rings. The Bertz CT molecular complexity index is 1040. The van der Waals surface area contributed by atoms with Crippen molar-refractivity contribution in [1.29, 1.82) is 0 Å². The zero-order valence-electron chi connectivity index (χ0n) is 14.6. The van der Waals surface area contributed by atoms with Crippen LogP contribution in [-0.4, -0.2) is 21.5 Å². The van der Waals surface area contributed by atoms with Crippen LogP contribution in [0.4, 0.5) is 0 Å². The number of nitrogens with zero attached hydrogens (tertiary/aromatic N) is 2. The summed E-state index contributed by atoms with van der Waals surface area (Å²) in [7, 11) is 0. The summed E-state index contributed by atoms with van der Waals surface area (Å²) >= 11 is 11.9. The number of carbonyl (C=O) groups excluding carboxylic acids is 2. The van der Waals surface area contributed by atoms with E-state index in [1.54, 1.807) is 54.7 Å². The normalized spacial score (nSPS) is 11.1. The van der Waals surface area contributed by atoms with Gasteiger partial charge in [0.1, 0.15) is 0 Å². The number of rotatable bonds is 7. The largest absolute Gasteiger partial charge is 0.550 e. The lowest BCUT2D eigenvalue weighted by Crippen LogP contribution is -2.23. The van der Waals surface area contributed by atoms with Gasteiger partial charge >= 0.3 is 0 Å². The maximum Gasteiger partial charge on any atom is 0.185 e. The number of benzene rings is 2. The average Bonchev–Trinajstić information content (AvgIpc) is 3.08. The second-order valence-electron chi connectivity index (χ2n) is 6.03. The number of carboxylic acids is 1. The minimum absolute atomic E-state index is 0.162. The lowest BCUT2D eigenvalue weighted by Gasteiger charge is -2.02. The Hall–Kier alpha value is -2.89. The lowest BCUT2D eigenvalue weighted by atomic mass is 10.1. The fourth-order valence-corrected chi connectivity index (χ4v) is 2.93. The molecule has 1 heterocycles. The molecule has 0 aliphatic carbocycles. The number of aryl methyl sites for hydroxylation is 1. The second kappa shape index (κ2) is 8.87. The van der Waals surface area contributed by atoms with Gasteiger partial charge in [-0.05, 0) is 48.6 Å². The number of allylic oxidation sites excluding steroid dienone is 1. The number of halogens is 2. The molecule has 28 heavy (non-hydrogen) atoms. The molecule has 0 saturated heterocycles. The highest BCUT2D eigenvalue weighted by Gasteiger charge is 2.11. The standard InChI is InChI=1S/C21H16Cl2N2O3/c22-17-7-4-14(5-8-17)19(26)9-6-16-13-25(11-10-20(27)28)24-21(16)15-2-1-3-18(23)12-15/h1-9,12-13H,10-11H2,(H,27,28)/p-1/b9-6-. The Morgan fingerprint density at radius 2 is 1.82 bits per heavy atom. The first-order valence-electron chi connectivity index (χ1n) is 8.43. The molecule has 0 aliphatic rings. The fraction of sp³-hybridized carbons (Fsp3) is 0.0952. The minimum Gasteiger partial charge on any atom is -0.550 e. The van der Waals surface area contributed by atoms with E-state index < -0.39 is 5.97 Å². The van der Waals surface area contributed by atoms with Crippen LogP contribution in [0.5, 0.6) is 0 Å². The molecule has 5 nitrogen and oxygen atoms in total. The number of carboxylic acid groups (broad SMARTS) is 1. The zero-order valence-corrected chi connectivity index (χ0v) is 16.2. The van der Waals surface area contributed by atoms with Crippen molar-refractivity contribution in [1.82, 2.24) is 9.78 Å². The molecule has 0 bridgehead atoms. The van der Waals surface area contributed by atoms with Crippen molar-refractivity contribution in [2.45, 2.75) is 13.0 Å². The molecule has 0 saturated carbocycles. The predicted octanol–water partition coefficient (Wildman–Crippen LogP) is 3.89. The van der Waals surface area contributed by atoms with Crippen molar-refractivity contribution in [3.8, 4) is 11.3 Å².